The van der Waals surface area contributed by atoms with E-state index in [9.17, 15) is 9.59 Å². The van der Waals surface area contributed by atoms with Crippen molar-refractivity contribution in [3.05, 3.63) is 46.5 Å². The third-order valence-electron chi connectivity index (χ3n) is 2.86. The van der Waals surface area contributed by atoms with Gasteiger partial charge in [-0.25, -0.2) is 0 Å². The number of nitrogens with one attached hydrogen (secondary N) is 2. The monoisotopic (exact) mass is 308 g/mol. The highest BCUT2D eigenvalue weighted by Crippen LogP contribution is 2.18. The van der Waals surface area contributed by atoms with Crippen molar-refractivity contribution in [2.75, 3.05) is 13.7 Å². The second kappa shape index (κ2) is 7.61. The SMILES string of the molecule is CO[C@@H](CNC(=O)C(=O)NCc1ccco1)c1ccsc1. The van der Waals surface area contributed by atoms with E-state index < -0.39 is 11.8 Å². The van der Waals surface area contributed by atoms with Crippen LogP contribution in [0.1, 0.15) is 17.4 Å². The molecule has 2 rings (SSSR count). The molecule has 0 aliphatic rings. The van der Waals surface area contributed by atoms with E-state index in [-0.39, 0.29) is 19.2 Å². The lowest BCUT2D eigenvalue weighted by Crippen LogP contribution is -2.41. The topological polar surface area (TPSA) is 80.6 Å². The van der Waals surface area contributed by atoms with Crippen LogP contribution in [0.3, 0.4) is 0 Å². The maximum Gasteiger partial charge on any atom is 0.309 e. The maximum absolute atomic E-state index is 11.7. The van der Waals surface area contributed by atoms with Crippen LogP contribution in [0.4, 0.5) is 0 Å². The highest BCUT2D eigenvalue weighted by atomic mass is 32.1. The fourth-order valence-corrected chi connectivity index (χ4v) is 2.42. The van der Waals surface area contributed by atoms with Crippen molar-refractivity contribution in [1.82, 2.24) is 10.6 Å². The van der Waals surface area contributed by atoms with Gasteiger partial charge in [-0.2, -0.15) is 11.3 Å². The molecule has 112 valence electrons. The van der Waals surface area contributed by atoms with E-state index in [4.69, 9.17) is 9.15 Å². The lowest BCUT2D eigenvalue weighted by molar-refractivity contribution is -0.139. The summed E-state index contributed by atoms with van der Waals surface area (Å²) in [6.45, 7) is 0.414. The first-order valence-electron chi connectivity index (χ1n) is 6.34. The van der Waals surface area contributed by atoms with Gasteiger partial charge in [-0.1, -0.05) is 0 Å². The molecule has 0 aliphatic carbocycles. The van der Waals surface area contributed by atoms with Gasteiger partial charge in [0, 0.05) is 13.7 Å². The first-order chi connectivity index (χ1) is 10.2. The molecule has 7 heteroatoms. The lowest BCUT2D eigenvalue weighted by atomic mass is 10.2. The largest absolute Gasteiger partial charge is 0.467 e. The third kappa shape index (κ3) is 4.44. The van der Waals surface area contributed by atoms with Crippen LogP contribution in [0.25, 0.3) is 0 Å². The van der Waals surface area contributed by atoms with Crippen molar-refractivity contribution in [3.63, 3.8) is 0 Å². The second-order valence-corrected chi connectivity index (χ2v) is 5.03. The minimum absolute atomic E-state index is 0.178. The van der Waals surface area contributed by atoms with E-state index >= 15 is 0 Å². The van der Waals surface area contributed by atoms with Crippen molar-refractivity contribution in [3.8, 4) is 0 Å². The Morgan fingerprint density at radius 3 is 2.76 bits per heavy atom. The van der Waals surface area contributed by atoms with E-state index in [1.54, 1.807) is 30.6 Å². The Morgan fingerprint density at radius 1 is 1.33 bits per heavy atom. The first-order valence-corrected chi connectivity index (χ1v) is 7.28. The number of methoxy groups -OCH3 is 1. The van der Waals surface area contributed by atoms with Gasteiger partial charge in [0.25, 0.3) is 0 Å². The van der Waals surface area contributed by atoms with Gasteiger partial charge < -0.3 is 19.8 Å². The molecule has 2 heterocycles. The van der Waals surface area contributed by atoms with Gasteiger partial charge in [-0.05, 0) is 34.5 Å². The molecule has 2 amide bonds. The van der Waals surface area contributed by atoms with Crippen LogP contribution in [-0.4, -0.2) is 25.5 Å². The summed E-state index contributed by atoms with van der Waals surface area (Å²) < 4.78 is 10.4. The quantitative estimate of drug-likeness (QED) is 0.792. The Bertz CT molecular complexity index is 566. The molecule has 2 aromatic rings. The minimum atomic E-state index is -0.702. The predicted octanol–water partition coefficient (Wildman–Crippen LogP) is 1.46. The zero-order chi connectivity index (χ0) is 15.1. The molecule has 0 saturated heterocycles. The summed E-state index contributed by atoms with van der Waals surface area (Å²) in [5.74, 6) is -0.811. The number of amides is 2. The Hall–Kier alpha value is -2.12. The average molecular weight is 308 g/mol. The van der Waals surface area contributed by atoms with Crippen molar-refractivity contribution in [2.24, 2.45) is 0 Å². The summed E-state index contributed by atoms with van der Waals surface area (Å²) in [5.41, 5.74) is 0.971. The molecule has 0 aromatic carbocycles. The number of hydrogen-bond donors (Lipinski definition) is 2. The van der Waals surface area contributed by atoms with E-state index in [0.29, 0.717) is 5.76 Å². The van der Waals surface area contributed by atoms with Crippen molar-refractivity contribution in [2.45, 2.75) is 12.6 Å². The Labute approximate surface area is 126 Å². The molecule has 0 unspecified atom stereocenters. The van der Waals surface area contributed by atoms with Crippen molar-refractivity contribution in [1.29, 1.82) is 0 Å². The average Bonchev–Trinajstić information content (AvgIpc) is 3.18. The molecule has 2 N–H and O–H groups in total. The highest BCUT2D eigenvalue weighted by molar-refractivity contribution is 7.07. The molecule has 0 aliphatic heterocycles. The molecule has 2 aromatic heterocycles. The molecule has 0 bridgehead atoms. The number of ether oxygens (including phenoxy) is 1. The van der Waals surface area contributed by atoms with Crippen LogP contribution in [-0.2, 0) is 20.9 Å². The molecule has 0 saturated carbocycles. The number of thiophene rings is 1. The number of rotatable bonds is 6. The van der Waals surface area contributed by atoms with Crippen LogP contribution in [0.15, 0.2) is 39.6 Å². The van der Waals surface area contributed by atoms with Gasteiger partial charge in [-0.15, -0.1) is 0 Å². The van der Waals surface area contributed by atoms with Gasteiger partial charge in [0.05, 0.1) is 12.8 Å². The standard InChI is InChI=1S/C14H16N2O4S/c1-19-12(10-4-6-21-9-10)8-16-14(18)13(17)15-7-11-3-2-5-20-11/h2-6,9,12H,7-8H2,1H3,(H,15,17)(H,16,18)/t12-/m0/s1. The second-order valence-electron chi connectivity index (χ2n) is 4.25. The van der Waals surface area contributed by atoms with Gasteiger partial charge in [0.15, 0.2) is 0 Å². The van der Waals surface area contributed by atoms with Crippen LogP contribution >= 0.6 is 11.3 Å². The fraction of sp³-hybridized carbons (Fsp3) is 0.286. The van der Waals surface area contributed by atoms with Crippen molar-refractivity contribution < 1.29 is 18.7 Å². The molecular formula is C14H16N2O4S. The Balaban J connectivity index is 1.76. The molecule has 0 spiro atoms. The lowest BCUT2D eigenvalue weighted by Gasteiger charge is -2.14. The summed E-state index contributed by atoms with van der Waals surface area (Å²) in [6, 6.07) is 5.35. The predicted molar refractivity (Wildman–Crippen MR) is 77.6 cm³/mol. The summed E-state index contributed by atoms with van der Waals surface area (Å²) in [4.78, 5) is 23.3. The number of hydrogen-bond acceptors (Lipinski definition) is 5. The molecular weight excluding hydrogens is 292 g/mol. The van der Waals surface area contributed by atoms with E-state index in [2.05, 4.69) is 10.6 Å². The molecule has 6 nitrogen and oxygen atoms in total. The smallest absolute Gasteiger partial charge is 0.309 e. The maximum atomic E-state index is 11.7. The van der Waals surface area contributed by atoms with Crippen molar-refractivity contribution >= 4 is 23.2 Å². The Morgan fingerprint density at radius 2 is 2.14 bits per heavy atom. The van der Waals surface area contributed by atoms with Crippen LogP contribution in [0.5, 0.6) is 0 Å². The van der Waals surface area contributed by atoms with Gasteiger partial charge in [-0.3, -0.25) is 9.59 Å². The summed E-state index contributed by atoms with van der Waals surface area (Å²) in [5, 5.41) is 8.90. The third-order valence-corrected chi connectivity index (χ3v) is 3.56. The molecule has 0 radical (unpaired) electrons. The van der Waals surface area contributed by atoms with E-state index in [1.807, 2.05) is 16.8 Å². The van der Waals surface area contributed by atoms with Gasteiger partial charge in [0.1, 0.15) is 11.9 Å². The first kappa shape index (κ1) is 15.3. The van der Waals surface area contributed by atoms with Crippen LogP contribution in [0, 0.1) is 0 Å². The zero-order valence-corrected chi connectivity index (χ0v) is 12.3. The number of carbonyl (C=O) groups excluding carboxylic acids is 2. The number of carbonyl (C=O) groups is 2. The Kier molecular flexibility index (Phi) is 5.53. The highest BCUT2D eigenvalue weighted by Gasteiger charge is 2.17. The summed E-state index contributed by atoms with van der Waals surface area (Å²) >= 11 is 1.55. The van der Waals surface area contributed by atoms with E-state index in [0.717, 1.165) is 5.56 Å². The summed E-state index contributed by atoms with van der Waals surface area (Å²) in [7, 11) is 1.56. The number of furan rings is 1. The molecule has 1 atom stereocenters. The molecule has 21 heavy (non-hydrogen) atoms. The zero-order valence-electron chi connectivity index (χ0n) is 11.5. The van der Waals surface area contributed by atoms with Gasteiger partial charge >= 0.3 is 11.8 Å². The molecule has 0 fully saturated rings. The minimum Gasteiger partial charge on any atom is -0.467 e. The summed E-state index contributed by atoms with van der Waals surface area (Å²) in [6.07, 6.45) is 1.24. The van der Waals surface area contributed by atoms with E-state index in [1.165, 1.54) is 6.26 Å². The fourth-order valence-electron chi connectivity index (χ4n) is 1.72. The normalized spacial score (nSPS) is 11.9. The van der Waals surface area contributed by atoms with Crippen LogP contribution < -0.4 is 10.6 Å². The van der Waals surface area contributed by atoms with Gasteiger partial charge in [0.2, 0.25) is 0 Å². The van der Waals surface area contributed by atoms with Crippen LogP contribution in [0.2, 0.25) is 0 Å².